The highest BCUT2D eigenvalue weighted by atomic mass is 16.5. The summed E-state index contributed by atoms with van der Waals surface area (Å²) in [5, 5.41) is 6.60. The molecule has 0 amide bonds. The van der Waals surface area contributed by atoms with Gasteiger partial charge in [0.25, 0.3) is 0 Å². The molecule has 0 saturated heterocycles. The number of aliphatic imine (C=N–C) groups is 1. The number of hydrogen-bond acceptors (Lipinski definition) is 3. The van der Waals surface area contributed by atoms with E-state index in [1.165, 1.54) is 6.42 Å². The molecule has 0 aliphatic rings. The van der Waals surface area contributed by atoms with Crippen LogP contribution in [0.5, 0.6) is 11.5 Å². The van der Waals surface area contributed by atoms with Crippen LogP contribution >= 0.6 is 0 Å². The standard InChI is InChI=1S/C16H27N3O2/c1-5-6-10-18-16(17-2)19-11-9-13-12-14(20-3)7-8-15(13)21-4/h7-8,12H,5-6,9-11H2,1-4H3,(H2,17,18,19). The molecule has 1 rings (SSSR count). The number of nitrogens with one attached hydrogen (secondary N) is 2. The van der Waals surface area contributed by atoms with Crippen molar-refractivity contribution in [2.45, 2.75) is 26.2 Å². The highest BCUT2D eigenvalue weighted by molar-refractivity contribution is 5.79. The molecule has 1 aromatic rings. The SMILES string of the molecule is CCCCNC(=NC)NCCc1cc(OC)ccc1OC. The van der Waals surface area contributed by atoms with Crippen molar-refractivity contribution in [3.8, 4) is 11.5 Å². The fourth-order valence-corrected chi connectivity index (χ4v) is 2.00. The fraction of sp³-hybridized carbons (Fsp3) is 0.562. The Morgan fingerprint density at radius 2 is 1.90 bits per heavy atom. The monoisotopic (exact) mass is 293 g/mol. The summed E-state index contributed by atoms with van der Waals surface area (Å²) in [5.74, 6) is 2.56. The molecular formula is C16H27N3O2. The number of guanidine groups is 1. The van der Waals surface area contributed by atoms with Crippen LogP contribution < -0.4 is 20.1 Å². The van der Waals surface area contributed by atoms with Crippen molar-refractivity contribution in [2.75, 3.05) is 34.4 Å². The third kappa shape index (κ3) is 5.94. The first-order valence-electron chi connectivity index (χ1n) is 7.40. The van der Waals surface area contributed by atoms with Crippen molar-refractivity contribution in [2.24, 2.45) is 4.99 Å². The van der Waals surface area contributed by atoms with E-state index in [4.69, 9.17) is 9.47 Å². The lowest BCUT2D eigenvalue weighted by atomic mass is 10.1. The minimum Gasteiger partial charge on any atom is -0.497 e. The Hall–Kier alpha value is -1.91. The molecule has 0 unspecified atom stereocenters. The molecule has 5 heteroatoms. The highest BCUT2D eigenvalue weighted by Crippen LogP contribution is 2.23. The normalized spacial score (nSPS) is 11.1. The molecule has 0 saturated carbocycles. The quantitative estimate of drug-likeness (QED) is 0.438. The average molecular weight is 293 g/mol. The predicted molar refractivity (Wildman–Crippen MR) is 87.5 cm³/mol. The van der Waals surface area contributed by atoms with Gasteiger partial charge in [0.1, 0.15) is 11.5 Å². The van der Waals surface area contributed by atoms with Crippen LogP contribution in [0.1, 0.15) is 25.3 Å². The lowest BCUT2D eigenvalue weighted by Gasteiger charge is -2.13. The van der Waals surface area contributed by atoms with E-state index in [1.54, 1.807) is 21.3 Å². The zero-order chi connectivity index (χ0) is 15.5. The van der Waals surface area contributed by atoms with Gasteiger partial charge in [-0.3, -0.25) is 4.99 Å². The van der Waals surface area contributed by atoms with E-state index in [0.717, 1.165) is 49.0 Å². The molecule has 0 atom stereocenters. The smallest absolute Gasteiger partial charge is 0.190 e. The van der Waals surface area contributed by atoms with Crippen molar-refractivity contribution in [3.05, 3.63) is 23.8 Å². The summed E-state index contributed by atoms with van der Waals surface area (Å²) in [6.45, 7) is 3.90. The predicted octanol–water partition coefficient (Wildman–Crippen LogP) is 2.21. The molecule has 0 aliphatic carbocycles. The van der Waals surface area contributed by atoms with Crippen LogP contribution in [-0.2, 0) is 6.42 Å². The Kier molecular flexibility index (Phi) is 8.09. The van der Waals surface area contributed by atoms with Gasteiger partial charge in [-0.25, -0.2) is 0 Å². The maximum atomic E-state index is 5.38. The fourth-order valence-electron chi connectivity index (χ4n) is 2.00. The number of rotatable bonds is 8. The van der Waals surface area contributed by atoms with Crippen molar-refractivity contribution in [1.82, 2.24) is 10.6 Å². The first-order chi connectivity index (χ1) is 10.2. The maximum absolute atomic E-state index is 5.38. The second kappa shape index (κ2) is 9.91. The summed E-state index contributed by atoms with van der Waals surface area (Å²) in [6.07, 6.45) is 3.16. The van der Waals surface area contributed by atoms with E-state index in [1.807, 2.05) is 18.2 Å². The van der Waals surface area contributed by atoms with Crippen LogP contribution in [0.4, 0.5) is 0 Å². The minimum atomic E-state index is 0.787. The Morgan fingerprint density at radius 3 is 2.52 bits per heavy atom. The minimum absolute atomic E-state index is 0.787. The molecule has 0 aromatic heterocycles. The number of nitrogens with zero attached hydrogens (tertiary/aromatic N) is 1. The summed E-state index contributed by atoms with van der Waals surface area (Å²) < 4.78 is 10.6. The molecule has 0 spiro atoms. The van der Waals surface area contributed by atoms with Gasteiger partial charge in [-0.1, -0.05) is 13.3 Å². The molecule has 5 nitrogen and oxygen atoms in total. The second-order valence-corrected chi connectivity index (χ2v) is 4.71. The van der Waals surface area contributed by atoms with E-state index in [2.05, 4.69) is 22.5 Å². The van der Waals surface area contributed by atoms with Gasteiger partial charge in [-0.2, -0.15) is 0 Å². The summed E-state index contributed by atoms with van der Waals surface area (Å²) in [4.78, 5) is 4.21. The van der Waals surface area contributed by atoms with Gasteiger partial charge in [-0.15, -0.1) is 0 Å². The average Bonchev–Trinajstić information content (AvgIpc) is 2.53. The van der Waals surface area contributed by atoms with Gasteiger partial charge in [0, 0.05) is 20.1 Å². The number of unbranched alkanes of at least 4 members (excludes halogenated alkanes) is 1. The summed E-state index contributed by atoms with van der Waals surface area (Å²) >= 11 is 0. The van der Waals surface area contributed by atoms with Crippen LogP contribution in [0, 0.1) is 0 Å². The van der Waals surface area contributed by atoms with Gasteiger partial charge >= 0.3 is 0 Å². The molecule has 0 radical (unpaired) electrons. The third-order valence-electron chi connectivity index (χ3n) is 3.22. The lowest BCUT2D eigenvalue weighted by molar-refractivity contribution is 0.398. The zero-order valence-electron chi connectivity index (χ0n) is 13.5. The Labute approximate surface area is 127 Å². The molecule has 21 heavy (non-hydrogen) atoms. The van der Waals surface area contributed by atoms with Crippen LogP contribution in [0.25, 0.3) is 0 Å². The van der Waals surface area contributed by atoms with E-state index in [-0.39, 0.29) is 0 Å². The van der Waals surface area contributed by atoms with Crippen LogP contribution in [0.2, 0.25) is 0 Å². The van der Waals surface area contributed by atoms with Gasteiger partial charge in [0.05, 0.1) is 14.2 Å². The van der Waals surface area contributed by atoms with Gasteiger partial charge in [0.15, 0.2) is 5.96 Å². The molecule has 0 bridgehead atoms. The Balaban J connectivity index is 2.50. The van der Waals surface area contributed by atoms with Crippen LogP contribution in [-0.4, -0.2) is 40.3 Å². The summed E-state index contributed by atoms with van der Waals surface area (Å²) in [5.41, 5.74) is 1.12. The molecule has 0 aliphatic heterocycles. The zero-order valence-corrected chi connectivity index (χ0v) is 13.5. The van der Waals surface area contributed by atoms with E-state index in [0.29, 0.717) is 0 Å². The molecule has 1 aromatic carbocycles. The van der Waals surface area contributed by atoms with Gasteiger partial charge in [-0.05, 0) is 36.6 Å². The van der Waals surface area contributed by atoms with Gasteiger partial charge < -0.3 is 20.1 Å². The summed E-state index contributed by atoms with van der Waals surface area (Å²) in [7, 11) is 5.14. The topological polar surface area (TPSA) is 54.9 Å². The van der Waals surface area contributed by atoms with E-state index >= 15 is 0 Å². The number of benzene rings is 1. The molecular weight excluding hydrogens is 266 g/mol. The van der Waals surface area contributed by atoms with Crippen molar-refractivity contribution in [1.29, 1.82) is 0 Å². The van der Waals surface area contributed by atoms with Crippen LogP contribution in [0.15, 0.2) is 23.2 Å². The number of hydrogen-bond donors (Lipinski definition) is 2. The number of methoxy groups -OCH3 is 2. The number of ether oxygens (including phenoxy) is 2. The first kappa shape index (κ1) is 17.1. The lowest BCUT2D eigenvalue weighted by Crippen LogP contribution is -2.38. The van der Waals surface area contributed by atoms with E-state index < -0.39 is 0 Å². The first-order valence-corrected chi connectivity index (χ1v) is 7.40. The molecule has 2 N–H and O–H groups in total. The maximum Gasteiger partial charge on any atom is 0.190 e. The van der Waals surface area contributed by atoms with Gasteiger partial charge in [0.2, 0.25) is 0 Å². The summed E-state index contributed by atoms with van der Waals surface area (Å²) in [6, 6.07) is 5.84. The van der Waals surface area contributed by atoms with Crippen molar-refractivity contribution in [3.63, 3.8) is 0 Å². The molecule has 0 heterocycles. The molecule has 118 valence electrons. The Bertz CT molecular complexity index is 447. The largest absolute Gasteiger partial charge is 0.497 e. The highest BCUT2D eigenvalue weighted by Gasteiger charge is 2.05. The molecule has 0 fully saturated rings. The van der Waals surface area contributed by atoms with E-state index in [9.17, 15) is 0 Å². The third-order valence-corrected chi connectivity index (χ3v) is 3.22. The van der Waals surface area contributed by atoms with Crippen molar-refractivity contribution >= 4 is 5.96 Å². The van der Waals surface area contributed by atoms with Crippen LogP contribution in [0.3, 0.4) is 0 Å². The van der Waals surface area contributed by atoms with Crippen molar-refractivity contribution < 1.29 is 9.47 Å². The Morgan fingerprint density at radius 1 is 1.14 bits per heavy atom. The second-order valence-electron chi connectivity index (χ2n) is 4.71.